The number of anilines is 1. The van der Waals surface area contributed by atoms with Crippen molar-refractivity contribution >= 4 is 23.2 Å². The summed E-state index contributed by atoms with van der Waals surface area (Å²) in [6.45, 7) is 0.228. The summed E-state index contributed by atoms with van der Waals surface area (Å²) in [7, 11) is 0. The van der Waals surface area contributed by atoms with Crippen LogP contribution in [0.2, 0.25) is 0 Å². The minimum Gasteiger partial charge on any atom is -0.507 e. The number of rotatable bonds is 8. The van der Waals surface area contributed by atoms with Gasteiger partial charge in [-0.25, -0.2) is 13.6 Å². The Morgan fingerprint density at radius 2 is 1.35 bits per heavy atom. The first kappa shape index (κ1) is 21.7. The molecule has 0 fully saturated rings. The zero-order chi connectivity index (χ0) is 22.4. The van der Waals surface area contributed by atoms with E-state index in [4.69, 9.17) is 5.11 Å². The van der Waals surface area contributed by atoms with E-state index < -0.39 is 29.1 Å². The zero-order valence-electron chi connectivity index (χ0n) is 16.3. The molecular formula is C24H19F2NO4. The van der Waals surface area contributed by atoms with Gasteiger partial charge in [0.05, 0.1) is 0 Å². The lowest BCUT2D eigenvalue weighted by atomic mass is 10.1. The second-order valence-electron chi connectivity index (χ2n) is 6.79. The van der Waals surface area contributed by atoms with E-state index in [9.17, 15) is 23.5 Å². The van der Waals surface area contributed by atoms with Gasteiger partial charge >= 0.3 is 5.97 Å². The van der Waals surface area contributed by atoms with Crippen LogP contribution in [0.1, 0.15) is 16.7 Å². The van der Waals surface area contributed by atoms with Crippen LogP contribution in [0.3, 0.4) is 0 Å². The van der Waals surface area contributed by atoms with Gasteiger partial charge in [-0.05, 0) is 24.3 Å². The molecule has 3 rings (SSSR count). The summed E-state index contributed by atoms with van der Waals surface area (Å²) in [5.74, 6) is -4.30. The summed E-state index contributed by atoms with van der Waals surface area (Å²) in [6.07, 6.45) is 0.611. The molecule has 5 nitrogen and oxygen atoms in total. The van der Waals surface area contributed by atoms with Crippen LogP contribution in [0.15, 0.2) is 78.9 Å². The standard InChI is InChI=1S/C24H19F2NO4/c25-20-10-3-1-6-17(20)14-27(15-18-7-2-4-11-21(18)26)19-9-5-8-16(12-19)22(28)13-23(29)24(30)31/h1-13,28H,14-15H2,(H,30,31)/b22-13-. The maximum absolute atomic E-state index is 14.3. The lowest BCUT2D eigenvalue weighted by molar-refractivity contribution is -0.146. The quantitative estimate of drug-likeness (QED) is 0.311. The normalized spacial score (nSPS) is 11.2. The van der Waals surface area contributed by atoms with Gasteiger partial charge in [0.2, 0.25) is 0 Å². The van der Waals surface area contributed by atoms with Crippen LogP contribution in [-0.4, -0.2) is 22.0 Å². The van der Waals surface area contributed by atoms with E-state index in [1.165, 1.54) is 24.3 Å². The fourth-order valence-corrected chi connectivity index (χ4v) is 3.03. The molecule has 31 heavy (non-hydrogen) atoms. The summed E-state index contributed by atoms with van der Waals surface area (Å²) in [5, 5.41) is 18.9. The molecule has 0 aliphatic carbocycles. The van der Waals surface area contributed by atoms with Gasteiger partial charge in [0.25, 0.3) is 5.78 Å². The van der Waals surface area contributed by atoms with Crippen LogP contribution in [0, 0.1) is 11.6 Å². The fourth-order valence-electron chi connectivity index (χ4n) is 3.03. The summed E-state index contributed by atoms with van der Waals surface area (Å²) in [5.41, 5.74) is 1.50. The van der Waals surface area contributed by atoms with Gasteiger partial charge in [-0.3, -0.25) is 4.79 Å². The smallest absolute Gasteiger partial charge is 0.376 e. The highest BCUT2D eigenvalue weighted by atomic mass is 19.1. The average Bonchev–Trinajstić information content (AvgIpc) is 2.76. The monoisotopic (exact) mass is 423 g/mol. The number of carbonyl (C=O) groups excluding carboxylic acids is 1. The van der Waals surface area contributed by atoms with E-state index >= 15 is 0 Å². The molecule has 0 atom stereocenters. The molecule has 0 amide bonds. The molecule has 7 heteroatoms. The van der Waals surface area contributed by atoms with Gasteiger partial charge in [0, 0.05) is 41.5 Å². The number of aliphatic hydroxyl groups is 1. The van der Waals surface area contributed by atoms with Gasteiger partial charge in [0.15, 0.2) is 0 Å². The van der Waals surface area contributed by atoms with E-state index in [-0.39, 0.29) is 18.7 Å². The van der Waals surface area contributed by atoms with Gasteiger partial charge in [-0.1, -0.05) is 48.5 Å². The lowest BCUT2D eigenvalue weighted by Gasteiger charge is -2.26. The molecule has 0 saturated carbocycles. The van der Waals surface area contributed by atoms with Crippen LogP contribution in [0.5, 0.6) is 0 Å². The number of ketones is 1. The Hall–Kier alpha value is -4.00. The molecule has 0 bridgehead atoms. The van der Waals surface area contributed by atoms with E-state index in [1.54, 1.807) is 53.4 Å². The molecule has 3 aromatic carbocycles. The maximum Gasteiger partial charge on any atom is 0.376 e. The Morgan fingerprint density at radius 1 is 0.806 bits per heavy atom. The molecule has 0 spiro atoms. The van der Waals surface area contributed by atoms with Crippen molar-refractivity contribution in [2.45, 2.75) is 13.1 Å². The molecule has 0 saturated heterocycles. The highest BCUT2D eigenvalue weighted by Gasteiger charge is 2.15. The van der Waals surface area contributed by atoms with Crippen molar-refractivity contribution in [3.8, 4) is 0 Å². The number of aliphatic carboxylic acids is 1. The number of carboxylic acids is 1. The number of nitrogens with zero attached hydrogens (tertiary/aromatic N) is 1. The van der Waals surface area contributed by atoms with Crippen LogP contribution < -0.4 is 4.90 Å². The minimum atomic E-state index is -1.69. The molecule has 0 unspecified atom stereocenters. The molecule has 2 N–H and O–H groups in total. The fraction of sp³-hybridized carbons (Fsp3) is 0.0833. The van der Waals surface area contributed by atoms with Gasteiger partial charge in [-0.15, -0.1) is 0 Å². The Kier molecular flexibility index (Phi) is 6.77. The maximum atomic E-state index is 14.3. The van der Waals surface area contributed by atoms with Gasteiger partial charge in [-0.2, -0.15) is 0 Å². The second-order valence-corrected chi connectivity index (χ2v) is 6.79. The van der Waals surface area contributed by atoms with E-state index in [0.29, 0.717) is 22.9 Å². The predicted molar refractivity (Wildman–Crippen MR) is 112 cm³/mol. The van der Waals surface area contributed by atoms with Crippen molar-refractivity contribution in [1.29, 1.82) is 0 Å². The van der Waals surface area contributed by atoms with Crippen molar-refractivity contribution in [1.82, 2.24) is 0 Å². The first-order valence-electron chi connectivity index (χ1n) is 9.35. The number of benzene rings is 3. The molecule has 0 heterocycles. The first-order chi connectivity index (χ1) is 14.8. The number of hydrogen-bond acceptors (Lipinski definition) is 4. The minimum absolute atomic E-state index is 0.114. The lowest BCUT2D eigenvalue weighted by Crippen LogP contribution is -2.23. The van der Waals surface area contributed by atoms with Crippen LogP contribution >= 0.6 is 0 Å². The molecule has 3 aromatic rings. The third-order valence-corrected chi connectivity index (χ3v) is 4.62. The zero-order valence-corrected chi connectivity index (χ0v) is 16.3. The van der Waals surface area contributed by atoms with Crippen molar-refractivity contribution in [2.24, 2.45) is 0 Å². The van der Waals surface area contributed by atoms with Gasteiger partial charge in [0.1, 0.15) is 17.4 Å². The molecule has 0 radical (unpaired) electrons. The molecule has 0 aromatic heterocycles. The van der Waals surface area contributed by atoms with E-state index in [0.717, 1.165) is 0 Å². The predicted octanol–water partition coefficient (Wildman–Crippen LogP) is 4.72. The highest BCUT2D eigenvalue weighted by molar-refractivity contribution is 6.38. The molecular weight excluding hydrogens is 404 g/mol. The van der Waals surface area contributed by atoms with E-state index in [2.05, 4.69) is 0 Å². The van der Waals surface area contributed by atoms with Crippen LogP contribution in [0.25, 0.3) is 5.76 Å². The number of halogens is 2. The van der Waals surface area contributed by atoms with E-state index in [1.807, 2.05) is 0 Å². The SMILES string of the molecule is O=C(O)C(=O)/C=C(\O)c1cccc(N(Cc2ccccc2F)Cc2ccccc2F)c1. The Morgan fingerprint density at radius 3 is 1.87 bits per heavy atom. The third-order valence-electron chi connectivity index (χ3n) is 4.62. The summed E-state index contributed by atoms with van der Waals surface area (Å²) < 4.78 is 28.5. The molecule has 0 aliphatic rings. The van der Waals surface area contributed by atoms with Gasteiger partial charge < -0.3 is 15.1 Å². The summed E-state index contributed by atoms with van der Waals surface area (Å²) >= 11 is 0. The number of carboxylic acid groups (broad SMARTS) is 1. The number of aliphatic hydroxyl groups excluding tert-OH is 1. The Labute approximate surface area is 177 Å². The Bertz CT molecular complexity index is 1100. The molecule has 158 valence electrons. The first-order valence-corrected chi connectivity index (χ1v) is 9.35. The van der Waals surface area contributed by atoms with Crippen molar-refractivity contribution < 1.29 is 28.6 Å². The Balaban J connectivity index is 1.99. The average molecular weight is 423 g/mol. The molecule has 0 aliphatic heterocycles. The van der Waals surface area contributed by atoms with Crippen LogP contribution in [-0.2, 0) is 22.7 Å². The second kappa shape index (κ2) is 9.67. The highest BCUT2D eigenvalue weighted by Crippen LogP contribution is 2.25. The van der Waals surface area contributed by atoms with Crippen LogP contribution in [0.4, 0.5) is 14.5 Å². The largest absolute Gasteiger partial charge is 0.507 e. The van der Waals surface area contributed by atoms with Crippen molar-refractivity contribution in [2.75, 3.05) is 4.90 Å². The summed E-state index contributed by atoms with van der Waals surface area (Å²) in [6, 6.07) is 18.7. The number of carbonyl (C=O) groups is 2. The third kappa shape index (κ3) is 5.54. The van der Waals surface area contributed by atoms with Crippen molar-refractivity contribution in [3.05, 3.63) is 107 Å². The topological polar surface area (TPSA) is 77.8 Å². The number of hydrogen-bond donors (Lipinski definition) is 2. The summed E-state index contributed by atoms with van der Waals surface area (Å²) in [4.78, 5) is 23.8. The van der Waals surface area contributed by atoms with Crippen molar-refractivity contribution in [3.63, 3.8) is 0 Å².